The standard InChI is InChI=1S/C13H22N4OS/c1-3-6-11-16-17-13(19-11)15-12(18)14-10-8-5-4-7-9(10)2/h9-10H,3-8H2,1-2H3,(H2,14,15,17,18)/t9-,10-/m1/s1. The number of carbonyl (C=O) groups excluding carboxylic acids is 1. The van der Waals surface area contributed by atoms with E-state index in [4.69, 9.17) is 0 Å². The maximum atomic E-state index is 11.9. The van der Waals surface area contributed by atoms with Gasteiger partial charge < -0.3 is 5.32 Å². The Morgan fingerprint density at radius 2 is 2.16 bits per heavy atom. The first-order valence-corrected chi connectivity index (χ1v) is 7.90. The number of anilines is 1. The molecule has 0 aliphatic heterocycles. The monoisotopic (exact) mass is 282 g/mol. The maximum Gasteiger partial charge on any atom is 0.321 e. The van der Waals surface area contributed by atoms with Crippen LogP contribution in [0.2, 0.25) is 0 Å². The van der Waals surface area contributed by atoms with Crippen LogP contribution in [-0.2, 0) is 6.42 Å². The molecule has 0 spiro atoms. The van der Waals surface area contributed by atoms with E-state index in [0.29, 0.717) is 11.0 Å². The number of nitrogens with zero attached hydrogens (tertiary/aromatic N) is 2. The summed E-state index contributed by atoms with van der Waals surface area (Å²) in [6.45, 7) is 4.31. The minimum Gasteiger partial charge on any atom is -0.335 e. The molecule has 106 valence electrons. The molecule has 2 rings (SSSR count). The van der Waals surface area contributed by atoms with Crippen molar-refractivity contribution in [3.8, 4) is 0 Å². The summed E-state index contributed by atoms with van der Waals surface area (Å²) in [6.07, 6.45) is 6.71. The summed E-state index contributed by atoms with van der Waals surface area (Å²) in [4.78, 5) is 11.9. The normalized spacial score (nSPS) is 23.1. The van der Waals surface area contributed by atoms with Gasteiger partial charge in [-0.05, 0) is 25.2 Å². The number of aryl methyl sites for hydroxylation is 1. The zero-order chi connectivity index (χ0) is 13.7. The lowest BCUT2D eigenvalue weighted by atomic mass is 9.86. The first-order valence-electron chi connectivity index (χ1n) is 7.09. The lowest BCUT2D eigenvalue weighted by molar-refractivity contribution is 0.232. The Morgan fingerprint density at radius 1 is 1.37 bits per heavy atom. The first kappa shape index (κ1) is 14.2. The molecular weight excluding hydrogens is 260 g/mol. The van der Waals surface area contributed by atoms with Crippen LogP contribution in [0, 0.1) is 5.92 Å². The van der Waals surface area contributed by atoms with E-state index < -0.39 is 0 Å². The minimum absolute atomic E-state index is 0.155. The molecule has 1 aliphatic carbocycles. The molecule has 19 heavy (non-hydrogen) atoms. The predicted molar refractivity (Wildman–Crippen MR) is 77.5 cm³/mol. The second-order valence-electron chi connectivity index (χ2n) is 5.22. The highest BCUT2D eigenvalue weighted by Gasteiger charge is 2.23. The van der Waals surface area contributed by atoms with E-state index in [0.717, 1.165) is 24.3 Å². The molecule has 6 heteroatoms. The number of urea groups is 1. The van der Waals surface area contributed by atoms with Gasteiger partial charge >= 0.3 is 6.03 Å². The summed E-state index contributed by atoms with van der Waals surface area (Å²) >= 11 is 1.45. The van der Waals surface area contributed by atoms with E-state index in [1.165, 1.54) is 30.6 Å². The quantitative estimate of drug-likeness (QED) is 0.891. The van der Waals surface area contributed by atoms with Gasteiger partial charge in [0.15, 0.2) is 0 Å². The molecule has 0 aromatic carbocycles. The van der Waals surface area contributed by atoms with E-state index in [1.807, 2.05) is 0 Å². The number of aromatic nitrogens is 2. The van der Waals surface area contributed by atoms with Crippen LogP contribution in [0.4, 0.5) is 9.93 Å². The highest BCUT2D eigenvalue weighted by molar-refractivity contribution is 7.15. The van der Waals surface area contributed by atoms with Crippen molar-refractivity contribution in [1.82, 2.24) is 15.5 Å². The fourth-order valence-corrected chi connectivity index (χ4v) is 3.29. The molecule has 2 atom stereocenters. The third-order valence-corrected chi connectivity index (χ3v) is 4.48. The zero-order valence-corrected chi connectivity index (χ0v) is 12.4. The van der Waals surface area contributed by atoms with Crippen LogP contribution in [-0.4, -0.2) is 22.3 Å². The summed E-state index contributed by atoms with van der Waals surface area (Å²) in [5.41, 5.74) is 0. The summed E-state index contributed by atoms with van der Waals surface area (Å²) in [5, 5.41) is 15.4. The van der Waals surface area contributed by atoms with Crippen molar-refractivity contribution < 1.29 is 4.79 Å². The maximum absolute atomic E-state index is 11.9. The number of carbonyl (C=O) groups is 1. The van der Waals surface area contributed by atoms with Gasteiger partial charge in [-0.25, -0.2) is 4.79 Å². The Hall–Kier alpha value is -1.17. The Bertz CT molecular complexity index is 421. The number of hydrogen-bond acceptors (Lipinski definition) is 4. The Labute approximate surface area is 118 Å². The van der Waals surface area contributed by atoms with Gasteiger partial charge in [-0.2, -0.15) is 0 Å². The van der Waals surface area contributed by atoms with E-state index in [-0.39, 0.29) is 12.1 Å². The topological polar surface area (TPSA) is 66.9 Å². The average molecular weight is 282 g/mol. The lowest BCUT2D eigenvalue weighted by Gasteiger charge is -2.29. The van der Waals surface area contributed by atoms with Crippen LogP contribution >= 0.6 is 11.3 Å². The van der Waals surface area contributed by atoms with Crippen LogP contribution in [0.1, 0.15) is 51.0 Å². The van der Waals surface area contributed by atoms with E-state index in [9.17, 15) is 4.79 Å². The molecule has 1 aromatic heterocycles. The predicted octanol–water partition coefficient (Wildman–Crippen LogP) is 3.19. The van der Waals surface area contributed by atoms with Crippen molar-refractivity contribution in [3.05, 3.63) is 5.01 Å². The molecule has 1 saturated carbocycles. The van der Waals surface area contributed by atoms with Gasteiger partial charge in [0.25, 0.3) is 0 Å². The van der Waals surface area contributed by atoms with Crippen molar-refractivity contribution in [3.63, 3.8) is 0 Å². The third-order valence-electron chi connectivity index (χ3n) is 3.58. The van der Waals surface area contributed by atoms with Gasteiger partial charge in [0.2, 0.25) is 5.13 Å². The van der Waals surface area contributed by atoms with Gasteiger partial charge in [0.05, 0.1) is 0 Å². The molecule has 0 saturated heterocycles. The molecule has 5 nitrogen and oxygen atoms in total. The number of nitrogens with one attached hydrogen (secondary N) is 2. The summed E-state index contributed by atoms with van der Waals surface area (Å²) < 4.78 is 0. The fraction of sp³-hybridized carbons (Fsp3) is 0.769. The number of hydrogen-bond donors (Lipinski definition) is 2. The second kappa shape index (κ2) is 6.84. The third kappa shape index (κ3) is 4.16. The number of amides is 2. The molecule has 1 aliphatic rings. The smallest absolute Gasteiger partial charge is 0.321 e. The minimum atomic E-state index is -0.155. The SMILES string of the molecule is CCCc1nnc(NC(=O)N[C@@H]2CCCC[C@H]2C)s1. The average Bonchev–Trinajstić information content (AvgIpc) is 2.80. The zero-order valence-electron chi connectivity index (χ0n) is 11.6. The van der Waals surface area contributed by atoms with Crippen molar-refractivity contribution in [1.29, 1.82) is 0 Å². The van der Waals surface area contributed by atoms with Gasteiger partial charge in [-0.15, -0.1) is 10.2 Å². The lowest BCUT2D eigenvalue weighted by Crippen LogP contribution is -2.43. The molecule has 0 radical (unpaired) electrons. The van der Waals surface area contributed by atoms with Crippen molar-refractivity contribution >= 4 is 22.5 Å². The summed E-state index contributed by atoms with van der Waals surface area (Å²) in [5.74, 6) is 0.560. The van der Waals surface area contributed by atoms with Crippen molar-refractivity contribution in [2.45, 2.75) is 58.4 Å². The van der Waals surface area contributed by atoms with Gasteiger partial charge in [-0.3, -0.25) is 5.32 Å². The molecule has 2 amide bonds. The van der Waals surface area contributed by atoms with Crippen molar-refractivity contribution in [2.24, 2.45) is 5.92 Å². The Kier molecular flexibility index (Phi) is 5.13. The largest absolute Gasteiger partial charge is 0.335 e. The van der Waals surface area contributed by atoms with Crippen LogP contribution in [0.15, 0.2) is 0 Å². The highest BCUT2D eigenvalue weighted by atomic mass is 32.1. The molecule has 1 fully saturated rings. The highest BCUT2D eigenvalue weighted by Crippen LogP contribution is 2.24. The summed E-state index contributed by atoms with van der Waals surface area (Å²) in [6, 6.07) is 0.134. The van der Waals surface area contributed by atoms with E-state index in [1.54, 1.807) is 0 Å². The Balaban J connectivity index is 1.82. The summed E-state index contributed by atoms with van der Waals surface area (Å²) in [7, 11) is 0. The van der Waals surface area contributed by atoms with E-state index >= 15 is 0 Å². The molecule has 0 bridgehead atoms. The van der Waals surface area contributed by atoms with Crippen LogP contribution in [0.25, 0.3) is 0 Å². The first-order chi connectivity index (χ1) is 9.19. The van der Waals surface area contributed by atoms with E-state index in [2.05, 4.69) is 34.7 Å². The molecular formula is C13H22N4OS. The fourth-order valence-electron chi connectivity index (χ4n) is 2.45. The van der Waals surface area contributed by atoms with Gasteiger partial charge in [0, 0.05) is 12.5 Å². The molecule has 2 N–H and O–H groups in total. The molecule has 1 heterocycles. The molecule has 1 aromatic rings. The Morgan fingerprint density at radius 3 is 2.89 bits per heavy atom. The van der Waals surface area contributed by atoms with Crippen LogP contribution in [0.3, 0.4) is 0 Å². The van der Waals surface area contributed by atoms with Crippen LogP contribution < -0.4 is 10.6 Å². The second-order valence-corrected chi connectivity index (χ2v) is 6.28. The van der Waals surface area contributed by atoms with Crippen molar-refractivity contribution in [2.75, 3.05) is 5.32 Å². The number of rotatable bonds is 4. The molecule has 0 unspecified atom stereocenters. The van der Waals surface area contributed by atoms with Crippen LogP contribution in [0.5, 0.6) is 0 Å². The van der Waals surface area contributed by atoms with Gasteiger partial charge in [-0.1, -0.05) is 38.0 Å². The van der Waals surface area contributed by atoms with Gasteiger partial charge in [0.1, 0.15) is 5.01 Å².